The van der Waals surface area contributed by atoms with E-state index in [-0.39, 0.29) is 6.42 Å². The Labute approximate surface area is 195 Å². The lowest BCUT2D eigenvalue weighted by atomic mass is 9.92. The zero-order valence-electron chi connectivity index (χ0n) is 19.9. The first-order valence-electron chi connectivity index (χ1n) is 11.3. The number of hydrogen-bond donors (Lipinski definition) is 0. The van der Waals surface area contributed by atoms with Crippen molar-refractivity contribution in [2.24, 2.45) is 5.11 Å². The van der Waals surface area contributed by atoms with Crippen LogP contribution in [0.3, 0.4) is 0 Å². The molecule has 0 saturated carbocycles. The van der Waals surface area contributed by atoms with Crippen molar-refractivity contribution in [2.75, 3.05) is 0 Å². The van der Waals surface area contributed by atoms with Crippen LogP contribution < -0.4 is 0 Å². The van der Waals surface area contributed by atoms with Gasteiger partial charge in [-0.1, -0.05) is 98.4 Å². The topological polar surface area (TPSA) is 101 Å². The number of hydrogen-bond acceptors (Lipinski definition) is 5. The number of benzene rings is 2. The van der Waals surface area contributed by atoms with E-state index in [1.54, 1.807) is 20.8 Å². The lowest BCUT2D eigenvalue weighted by Gasteiger charge is -2.31. The summed E-state index contributed by atoms with van der Waals surface area (Å²) in [5, 5.41) is 3.71. The number of carbonyl (C=O) groups is 2. The van der Waals surface area contributed by atoms with Crippen LogP contribution in [0.5, 0.6) is 0 Å². The Morgan fingerprint density at radius 1 is 0.909 bits per heavy atom. The molecule has 0 saturated heterocycles. The summed E-state index contributed by atoms with van der Waals surface area (Å²) >= 11 is 0. The third kappa shape index (κ3) is 7.36. The second kappa shape index (κ2) is 12.1. The quantitative estimate of drug-likeness (QED) is 0.0949. The summed E-state index contributed by atoms with van der Waals surface area (Å²) in [7, 11) is 0. The van der Waals surface area contributed by atoms with E-state index in [9.17, 15) is 15.1 Å². The molecule has 0 aliphatic carbocycles. The van der Waals surface area contributed by atoms with Gasteiger partial charge in [-0.3, -0.25) is 9.59 Å². The predicted molar refractivity (Wildman–Crippen MR) is 127 cm³/mol. The normalized spacial score (nSPS) is 13.0. The van der Waals surface area contributed by atoms with Crippen LogP contribution >= 0.6 is 0 Å². The smallest absolute Gasteiger partial charge is 0.330 e. The van der Waals surface area contributed by atoms with Crippen LogP contribution in [-0.2, 0) is 19.1 Å². The highest BCUT2D eigenvalue weighted by Gasteiger charge is 2.50. The Bertz CT molecular complexity index is 911. The molecule has 2 aromatic carbocycles. The molecule has 0 fully saturated rings. The fourth-order valence-corrected chi connectivity index (χ4v) is 3.45. The fraction of sp³-hybridized carbons (Fsp3) is 0.462. The monoisotopic (exact) mass is 451 g/mol. The van der Waals surface area contributed by atoms with Gasteiger partial charge < -0.3 is 9.47 Å². The number of rotatable bonds is 11. The van der Waals surface area contributed by atoms with E-state index in [0.717, 1.165) is 30.4 Å². The molecule has 0 unspecified atom stereocenters. The van der Waals surface area contributed by atoms with Gasteiger partial charge >= 0.3 is 11.9 Å². The van der Waals surface area contributed by atoms with E-state index in [1.807, 2.05) is 60.7 Å². The maximum Gasteiger partial charge on any atom is 0.330 e. The number of nitrogens with zero attached hydrogens (tertiary/aromatic N) is 3. The first-order valence-corrected chi connectivity index (χ1v) is 11.3. The van der Waals surface area contributed by atoms with Crippen molar-refractivity contribution in [1.82, 2.24) is 0 Å². The summed E-state index contributed by atoms with van der Waals surface area (Å²) in [6.45, 7) is 7.16. The Kier molecular flexibility index (Phi) is 9.49. The van der Waals surface area contributed by atoms with Crippen LogP contribution in [0.4, 0.5) is 0 Å². The molecule has 7 nitrogen and oxygen atoms in total. The van der Waals surface area contributed by atoms with Gasteiger partial charge in [0.15, 0.2) is 6.10 Å². The molecule has 0 N–H and O–H groups in total. The predicted octanol–water partition coefficient (Wildman–Crippen LogP) is 6.68. The van der Waals surface area contributed by atoms with Gasteiger partial charge in [0.25, 0.3) is 0 Å². The first-order chi connectivity index (χ1) is 15.7. The summed E-state index contributed by atoms with van der Waals surface area (Å²) in [5.41, 5.74) is 7.82. The average Bonchev–Trinajstić information content (AvgIpc) is 2.79. The van der Waals surface area contributed by atoms with Gasteiger partial charge in [0, 0.05) is 4.91 Å². The molecule has 0 radical (unpaired) electrons. The number of ether oxygens (including phenoxy) is 2. The van der Waals surface area contributed by atoms with Crippen molar-refractivity contribution in [3.8, 4) is 0 Å². The molecule has 0 bridgehead atoms. The van der Waals surface area contributed by atoms with Crippen LogP contribution in [0.1, 0.15) is 77.0 Å². The SMILES string of the molecule is CCCCCC[C@](N=[N+]=[N-])(C(=O)OC(c1ccccc1)c1ccccc1)C(=O)OC(C)(C)C. The van der Waals surface area contributed by atoms with Gasteiger partial charge in [-0.05, 0) is 43.9 Å². The van der Waals surface area contributed by atoms with E-state index >= 15 is 0 Å². The minimum absolute atomic E-state index is 0.0150. The number of esters is 2. The first kappa shape index (κ1) is 25.9. The molecule has 1 atom stereocenters. The third-order valence-corrected chi connectivity index (χ3v) is 5.11. The Balaban J connectivity index is 2.47. The average molecular weight is 452 g/mol. The highest BCUT2D eigenvalue weighted by atomic mass is 16.6. The molecular weight excluding hydrogens is 418 g/mol. The van der Waals surface area contributed by atoms with Crippen molar-refractivity contribution in [1.29, 1.82) is 0 Å². The molecule has 176 valence electrons. The molecule has 33 heavy (non-hydrogen) atoms. The summed E-state index contributed by atoms with van der Waals surface area (Å²) in [6, 6.07) is 18.5. The maximum atomic E-state index is 13.6. The van der Waals surface area contributed by atoms with E-state index in [4.69, 9.17) is 9.47 Å². The summed E-state index contributed by atoms with van der Waals surface area (Å²) in [6.07, 6.45) is 2.47. The molecule has 2 rings (SSSR count). The minimum Gasteiger partial charge on any atom is -0.459 e. The Morgan fingerprint density at radius 2 is 1.45 bits per heavy atom. The van der Waals surface area contributed by atoms with E-state index in [1.165, 1.54) is 0 Å². The van der Waals surface area contributed by atoms with Crippen LogP contribution in [0.2, 0.25) is 0 Å². The largest absolute Gasteiger partial charge is 0.459 e. The zero-order chi connectivity index (χ0) is 24.3. The minimum atomic E-state index is -2.10. The maximum absolute atomic E-state index is 13.6. The van der Waals surface area contributed by atoms with Crippen molar-refractivity contribution >= 4 is 11.9 Å². The van der Waals surface area contributed by atoms with E-state index in [2.05, 4.69) is 16.9 Å². The molecule has 0 heterocycles. The van der Waals surface area contributed by atoms with Crippen LogP contribution in [0.15, 0.2) is 65.8 Å². The lowest BCUT2D eigenvalue weighted by molar-refractivity contribution is -0.173. The van der Waals surface area contributed by atoms with Gasteiger partial charge in [-0.2, -0.15) is 0 Å². The van der Waals surface area contributed by atoms with Crippen LogP contribution in [0.25, 0.3) is 10.4 Å². The molecule has 0 aromatic heterocycles. The van der Waals surface area contributed by atoms with E-state index in [0.29, 0.717) is 6.42 Å². The molecule has 0 amide bonds. The molecule has 0 aliphatic rings. The van der Waals surface area contributed by atoms with Gasteiger partial charge in [0.05, 0.1) is 0 Å². The highest BCUT2D eigenvalue weighted by Crippen LogP contribution is 2.32. The number of azide groups is 1. The van der Waals surface area contributed by atoms with Crippen LogP contribution in [0, 0.1) is 0 Å². The number of unbranched alkanes of at least 4 members (excludes halogenated alkanes) is 3. The van der Waals surface area contributed by atoms with Gasteiger partial charge in [-0.15, -0.1) is 0 Å². The lowest BCUT2D eigenvalue weighted by Crippen LogP contribution is -2.49. The molecule has 7 heteroatoms. The second-order valence-corrected chi connectivity index (χ2v) is 8.97. The molecular formula is C26H33N3O4. The Hall–Kier alpha value is -3.31. The van der Waals surface area contributed by atoms with Gasteiger partial charge in [-0.25, -0.2) is 0 Å². The third-order valence-electron chi connectivity index (χ3n) is 5.11. The highest BCUT2D eigenvalue weighted by molar-refractivity contribution is 6.05. The summed E-state index contributed by atoms with van der Waals surface area (Å²) in [4.78, 5) is 29.7. The Morgan fingerprint density at radius 3 is 1.91 bits per heavy atom. The summed E-state index contributed by atoms with van der Waals surface area (Å²) < 4.78 is 11.5. The standard InChI is InChI=1S/C26H33N3O4/c1-5-6-7-14-19-26(28-29-27,24(31)33-25(2,3)4)23(30)32-22(20-15-10-8-11-16-20)21-17-12-9-13-18-21/h8-13,15-18,22H,5-7,14,19H2,1-4H3/t26-/m0/s1. The second-order valence-electron chi connectivity index (χ2n) is 8.97. The van der Waals surface area contributed by atoms with Gasteiger partial charge in [0.2, 0.25) is 5.54 Å². The molecule has 2 aromatic rings. The van der Waals surface area contributed by atoms with E-state index < -0.39 is 29.2 Å². The van der Waals surface area contributed by atoms with Crippen molar-refractivity contribution in [3.05, 3.63) is 82.2 Å². The van der Waals surface area contributed by atoms with Gasteiger partial charge in [0.1, 0.15) is 5.60 Å². The zero-order valence-corrected chi connectivity index (χ0v) is 19.9. The van der Waals surface area contributed by atoms with Crippen LogP contribution in [-0.4, -0.2) is 23.1 Å². The van der Waals surface area contributed by atoms with Crippen molar-refractivity contribution in [2.45, 2.75) is 77.0 Å². The van der Waals surface area contributed by atoms with Crippen molar-refractivity contribution in [3.63, 3.8) is 0 Å². The van der Waals surface area contributed by atoms with Crippen molar-refractivity contribution < 1.29 is 19.1 Å². The summed E-state index contributed by atoms with van der Waals surface area (Å²) in [5.74, 6) is -1.81. The molecule has 0 spiro atoms. The fourth-order valence-electron chi connectivity index (χ4n) is 3.45. The molecule has 0 aliphatic heterocycles. The number of carbonyl (C=O) groups excluding carboxylic acids is 2.